The number of nitrogens with one attached hydrogen (secondary N) is 2. The van der Waals surface area contributed by atoms with E-state index in [0.29, 0.717) is 42.3 Å². The number of hydrogen-bond acceptors (Lipinski definition) is 4. The zero-order valence-electron chi connectivity index (χ0n) is 13.9. The lowest BCUT2D eigenvalue weighted by molar-refractivity contribution is 0.0725. The molecule has 7 nitrogen and oxygen atoms in total. The topological polar surface area (TPSA) is 94.7 Å². The highest BCUT2D eigenvalue weighted by Gasteiger charge is 2.27. The number of aryl methyl sites for hydroxylation is 1. The monoisotopic (exact) mass is 315 g/mol. The fourth-order valence-electron chi connectivity index (χ4n) is 2.71. The van der Waals surface area contributed by atoms with E-state index in [9.17, 15) is 9.59 Å². The van der Waals surface area contributed by atoms with Crippen molar-refractivity contribution in [1.82, 2.24) is 25.1 Å². The van der Waals surface area contributed by atoms with Crippen molar-refractivity contribution in [2.24, 2.45) is 0 Å². The lowest BCUT2D eigenvalue weighted by Crippen LogP contribution is -2.39. The molecule has 0 aliphatic carbocycles. The van der Waals surface area contributed by atoms with Crippen molar-refractivity contribution in [3.8, 4) is 0 Å². The van der Waals surface area contributed by atoms with Crippen molar-refractivity contribution in [3.63, 3.8) is 0 Å². The Morgan fingerprint density at radius 3 is 2.74 bits per heavy atom. The highest BCUT2D eigenvalue weighted by atomic mass is 16.2. The highest BCUT2D eigenvalue weighted by Crippen LogP contribution is 2.22. The lowest BCUT2D eigenvalue weighted by atomic mass is 9.92. The molecule has 1 aliphatic heterocycles. The SMILES string of the molecule is Cc1nc2c(c(=O)[nH]1)CCN(C(=O)c1cc(C(C)(C)C)[nH]n1)C2. The van der Waals surface area contributed by atoms with Crippen LogP contribution in [0.1, 0.15) is 54.0 Å². The van der Waals surface area contributed by atoms with E-state index >= 15 is 0 Å². The zero-order chi connectivity index (χ0) is 16.8. The van der Waals surface area contributed by atoms with E-state index in [1.54, 1.807) is 17.9 Å². The average molecular weight is 315 g/mol. The van der Waals surface area contributed by atoms with Gasteiger partial charge in [-0.3, -0.25) is 14.7 Å². The minimum Gasteiger partial charge on any atom is -0.331 e. The van der Waals surface area contributed by atoms with E-state index in [1.165, 1.54) is 0 Å². The molecule has 0 saturated carbocycles. The van der Waals surface area contributed by atoms with Gasteiger partial charge in [-0.1, -0.05) is 20.8 Å². The summed E-state index contributed by atoms with van der Waals surface area (Å²) in [5, 5.41) is 7.08. The van der Waals surface area contributed by atoms with Gasteiger partial charge in [-0.05, 0) is 19.4 Å². The van der Waals surface area contributed by atoms with Gasteiger partial charge in [-0.15, -0.1) is 0 Å². The highest BCUT2D eigenvalue weighted by molar-refractivity contribution is 5.92. The predicted octanol–water partition coefficient (Wildman–Crippen LogP) is 1.30. The quantitative estimate of drug-likeness (QED) is 0.829. The maximum Gasteiger partial charge on any atom is 0.274 e. The summed E-state index contributed by atoms with van der Waals surface area (Å²) in [4.78, 5) is 33.3. The van der Waals surface area contributed by atoms with E-state index in [4.69, 9.17) is 0 Å². The molecule has 0 radical (unpaired) electrons. The number of aromatic amines is 2. The molecule has 2 aromatic rings. The maximum absolute atomic E-state index is 12.6. The van der Waals surface area contributed by atoms with E-state index < -0.39 is 0 Å². The van der Waals surface area contributed by atoms with Crippen LogP contribution in [0.3, 0.4) is 0 Å². The summed E-state index contributed by atoms with van der Waals surface area (Å²) < 4.78 is 0. The molecule has 0 fully saturated rings. The minimum atomic E-state index is -0.137. The van der Waals surface area contributed by atoms with Crippen LogP contribution in [0.15, 0.2) is 10.9 Å². The fraction of sp³-hybridized carbons (Fsp3) is 0.500. The van der Waals surface area contributed by atoms with Crippen LogP contribution >= 0.6 is 0 Å². The van der Waals surface area contributed by atoms with E-state index in [0.717, 1.165) is 5.69 Å². The summed E-state index contributed by atoms with van der Waals surface area (Å²) in [6, 6.07) is 1.80. The van der Waals surface area contributed by atoms with Crippen molar-refractivity contribution in [2.45, 2.75) is 46.1 Å². The van der Waals surface area contributed by atoms with Crippen molar-refractivity contribution in [3.05, 3.63) is 44.9 Å². The maximum atomic E-state index is 12.6. The van der Waals surface area contributed by atoms with Crippen molar-refractivity contribution < 1.29 is 4.79 Å². The van der Waals surface area contributed by atoms with Gasteiger partial charge in [-0.25, -0.2) is 4.98 Å². The number of amides is 1. The summed E-state index contributed by atoms with van der Waals surface area (Å²) >= 11 is 0. The van der Waals surface area contributed by atoms with Crippen LogP contribution in [-0.4, -0.2) is 37.5 Å². The third kappa shape index (κ3) is 2.91. The minimum absolute atomic E-state index is 0.0913. The Morgan fingerprint density at radius 2 is 2.09 bits per heavy atom. The summed E-state index contributed by atoms with van der Waals surface area (Å²) in [7, 11) is 0. The zero-order valence-corrected chi connectivity index (χ0v) is 13.9. The van der Waals surface area contributed by atoms with Gasteiger partial charge in [0.1, 0.15) is 11.5 Å². The Kier molecular flexibility index (Phi) is 3.58. The lowest BCUT2D eigenvalue weighted by Gasteiger charge is -2.27. The van der Waals surface area contributed by atoms with Gasteiger partial charge in [0.15, 0.2) is 0 Å². The molecule has 0 atom stereocenters. The molecule has 2 aromatic heterocycles. The Hall–Kier alpha value is -2.44. The second-order valence-electron chi connectivity index (χ2n) is 6.97. The molecule has 3 rings (SSSR count). The average Bonchev–Trinajstić information content (AvgIpc) is 2.95. The molecule has 2 N–H and O–H groups in total. The Bertz CT molecular complexity index is 813. The van der Waals surface area contributed by atoms with Gasteiger partial charge in [0, 0.05) is 23.2 Å². The van der Waals surface area contributed by atoms with Crippen LogP contribution in [-0.2, 0) is 18.4 Å². The molecule has 122 valence electrons. The second kappa shape index (κ2) is 5.33. The molecule has 1 amide bonds. The van der Waals surface area contributed by atoms with E-state index in [1.807, 2.05) is 0 Å². The fourth-order valence-corrected chi connectivity index (χ4v) is 2.71. The largest absolute Gasteiger partial charge is 0.331 e. The molecule has 1 aliphatic rings. The van der Waals surface area contributed by atoms with Crippen LogP contribution < -0.4 is 5.56 Å². The first-order chi connectivity index (χ1) is 10.8. The number of carbonyl (C=O) groups excluding carboxylic acids is 1. The van der Waals surface area contributed by atoms with Crippen molar-refractivity contribution >= 4 is 5.91 Å². The van der Waals surface area contributed by atoms with Gasteiger partial charge in [-0.2, -0.15) is 5.10 Å². The molecule has 23 heavy (non-hydrogen) atoms. The first kappa shape index (κ1) is 15.5. The number of rotatable bonds is 1. The molecule has 0 bridgehead atoms. The normalized spacial score (nSPS) is 14.7. The van der Waals surface area contributed by atoms with E-state index in [-0.39, 0.29) is 16.9 Å². The molecule has 0 saturated heterocycles. The molecule has 0 aromatic carbocycles. The van der Waals surface area contributed by atoms with Gasteiger partial charge in [0.05, 0.1) is 12.2 Å². The number of carbonyl (C=O) groups is 1. The van der Waals surface area contributed by atoms with Crippen LogP contribution in [0.4, 0.5) is 0 Å². The molecule has 0 spiro atoms. The summed E-state index contributed by atoms with van der Waals surface area (Å²) in [5.74, 6) is 0.431. The Balaban J connectivity index is 1.85. The first-order valence-electron chi connectivity index (χ1n) is 7.69. The van der Waals surface area contributed by atoms with Crippen molar-refractivity contribution in [2.75, 3.05) is 6.54 Å². The van der Waals surface area contributed by atoms with Gasteiger partial charge >= 0.3 is 0 Å². The third-order valence-electron chi connectivity index (χ3n) is 4.08. The van der Waals surface area contributed by atoms with Crippen LogP contribution in [0.5, 0.6) is 0 Å². The molecular weight excluding hydrogens is 294 g/mol. The molecular formula is C16H21N5O2. The van der Waals surface area contributed by atoms with Crippen molar-refractivity contribution in [1.29, 1.82) is 0 Å². The van der Waals surface area contributed by atoms with Gasteiger partial charge in [0.2, 0.25) is 0 Å². The van der Waals surface area contributed by atoms with E-state index in [2.05, 4.69) is 40.9 Å². The Morgan fingerprint density at radius 1 is 1.35 bits per heavy atom. The number of fused-ring (bicyclic) bond motifs is 1. The summed E-state index contributed by atoms with van der Waals surface area (Å²) in [5.41, 5.74) is 2.49. The standard InChI is InChI=1S/C16H21N5O2/c1-9-17-12-8-21(6-5-10(12)14(22)18-9)15(23)11-7-13(20-19-11)16(2,3)4/h7H,5-6,8H2,1-4H3,(H,19,20)(H,17,18,22). The number of aromatic nitrogens is 4. The smallest absolute Gasteiger partial charge is 0.274 e. The Labute approximate surface area is 134 Å². The predicted molar refractivity (Wildman–Crippen MR) is 85.3 cm³/mol. The van der Waals surface area contributed by atoms with Crippen LogP contribution in [0, 0.1) is 6.92 Å². The van der Waals surface area contributed by atoms with Crippen LogP contribution in [0.2, 0.25) is 0 Å². The van der Waals surface area contributed by atoms with Gasteiger partial charge < -0.3 is 9.88 Å². The van der Waals surface area contributed by atoms with Gasteiger partial charge in [0.25, 0.3) is 11.5 Å². The van der Waals surface area contributed by atoms with Crippen LogP contribution in [0.25, 0.3) is 0 Å². The molecule has 3 heterocycles. The number of nitrogens with zero attached hydrogens (tertiary/aromatic N) is 3. The third-order valence-corrected chi connectivity index (χ3v) is 4.08. The molecule has 0 unspecified atom stereocenters. The first-order valence-corrected chi connectivity index (χ1v) is 7.69. The number of H-pyrrole nitrogens is 2. The second-order valence-corrected chi connectivity index (χ2v) is 6.97. The molecule has 7 heteroatoms. The number of hydrogen-bond donors (Lipinski definition) is 2. The summed E-state index contributed by atoms with van der Waals surface area (Å²) in [6.07, 6.45) is 0.514. The summed E-state index contributed by atoms with van der Waals surface area (Å²) in [6.45, 7) is 8.76.